The molecule has 2 N–H and O–H groups in total. The van der Waals surface area contributed by atoms with Gasteiger partial charge < -0.3 is 19.9 Å². The summed E-state index contributed by atoms with van der Waals surface area (Å²) in [6, 6.07) is 7.73. The highest BCUT2D eigenvalue weighted by atomic mass is 16.4. The molecule has 7 nitrogen and oxygen atoms in total. The summed E-state index contributed by atoms with van der Waals surface area (Å²) in [6.45, 7) is 5.73. The molecule has 0 bridgehead atoms. The number of para-hydroxylation sites is 1. The van der Waals surface area contributed by atoms with Crippen molar-refractivity contribution in [3.8, 4) is 0 Å². The molecule has 2 fully saturated rings. The molecule has 0 unspecified atom stereocenters. The molecule has 1 aromatic carbocycles. The van der Waals surface area contributed by atoms with E-state index in [-0.39, 0.29) is 11.8 Å². The lowest BCUT2D eigenvalue weighted by molar-refractivity contribution is -0.136. The van der Waals surface area contributed by atoms with Gasteiger partial charge in [0, 0.05) is 51.7 Å². The zero-order chi connectivity index (χ0) is 19.0. The maximum atomic E-state index is 12.6. The van der Waals surface area contributed by atoms with E-state index in [0.717, 1.165) is 68.7 Å². The van der Waals surface area contributed by atoms with Crippen molar-refractivity contribution in [2.75, 3.05) is 39.3 Å². The topological polar surface area (TPSA) is 77.8 Å². The number of piperazine rings is 1. The van der Waals surface area contributed by atoms with Crippen LogP contribution in [-0.2, 0) is 18.4 Å². The van der Waals surface area contributed by atoms with Gasteiger partial charge in [0.25, 0.3) is 0 Å². The fraction of sp³-hybridized carbons (Fsp3) is 0.500. The lowest BCUT2D eigenvalue weighted by Gasteiger charge is -2.36. The van der Waals surface area contributed by atoms with Crippen LogP contribution < -0.4 is 5.32 Å². The van der Waals surface area contributed by atoms with Crippen LogP contribution in [-0.4, -0.2) is 70.6 Å². The molecule has 1 amide bonds. The number of amides is 1. The van der Waals surface area contributed by atoms with Crippen LogP contribution >= 0.6 is 0 Å². The third-order valence-electron chi connectivity index (χ3n) is 5.85. The molecule has 2 aliphatic rings. The van der Waals surface area contributed by atoms with Crippen molar-refractivity contribution in [3.63, 3.8) is 0 Å². The zero-order valence-electron chi connectivity index (χ0n) is 15.6. The van der Waals surface area contributed by atoms with E-state index in [1.54, 1.807) is 10.6 Å². The molecule has 144 valence electrons. The molecule has 0 spiro atoms. The van der Waals surface area contributed by atoms with Crippen molar-refractivity contribution >= 4 is 22.8 Å². The Hall–Kier alpha value is -2.38. The van der Waals surface area contributed by atoms with Crippen LogP contribution in [0.3, 0.4) is 0 Å². The highest BCUT2D eigenvalue weighted by molar-refractivity contribution is 5.95. The fourth-order valence-corrected chi connectivity index (χ4v) is 4.32. The molecule has 7 heteroatoms. The second-order valence-electron chi connectivity index (χ2n) is 7.54. The molecular formula is C20H26N4O3. The van der Waals surface area contributed by atoms with Gasteiger partial charge in [-0.25, -0.2) is 4.79 Å². The molecule has 2 aromatic rings. The van der Waals surface area contributed by atoms with Crippen molar-refractivity contribution in [1.82, 2.24) is 19.7 Å². The van der Waals surface area contributed by atoms with Crippen LogP contribution in [0.15, 0.2) is 24.3 Å². The maximum absolute atomic E-state index is 12.6. The monoisotopic (exact) mass is 370 g/mol. The van der Waals surface area contributed by atoms with E-state index in [1.807, 2.05) is 24.1 Å². The predicted octanol–water partition coefficient (Wildman–Crippen LogP) is 1.13. The van der Waals surface area contributed by atoms with Crippen molar-refractivity contribution in [3.05, 3.63) is 35.5 Å². The van der Waals surface area contributed by atoms with Gasteiger partial charge in [-0.05, 0) is 24.6 Å². The molecule has 2 aliphatic heterocycles. The summed E-state index contributed by atoms with van der Waals surface area (Å²) in [6.07, 6.45) is 0.945. The van der Waals surface area contributed by atoms with Gasteiger partial charge in [-0.15, -0.1) is 0 Å². The minimum Gasteiger partial charge on any atom is -0.477 e. The van der Waals surface area contributed by atoms with E-state index in [9.17, 15) is 14.7 Å². The van der Waals surface area contributed by atoms with E-state index in [2.05, 4.69) is 16.3 Å². The number of fused-ring (bicyclic) bond motifs is 1. The normalized spacial score (nSPS) is 21.1. The Kier molecular flexibility index (Phi) is 4.88. The molecule has 3 heterocycles. The van der Waals surface area contributed by atoms with Gasteiger partial charge in [0.1, 0.15) is 5.69 Å². The van der Waals surface area contributed by atoms with Crippen LogP contribution in [0.25, 0.3) is 10.9 Å². The second-order valence-corrected chi connectivity index (χ2v) is 7.54. The van der Waals surface area contributed by atoms with Gasteiger partial charge in [0.15, 0.2) is 0 Å². The van der Waals surface area contributed by atoms with Crippen molar-refractivity contribution in [1.29, 1.82) is 0 Å². The average Bonchev–Trinajstić information content (AvgIpc) is 3.31. The number of nitrogens with one attached hydrogen (secondary N) is 1. The van der Waals surface area contributed by atoms with Gasteiger partial charge >= 0.3 is 5.97 Å². The maximum Gasteiger partial charge on any atom is 0.352 e. The Morgan fingerprint density at radius 2 is 2.00 bits per heavy atom. The number of carboxylic acids is 1. The first-order valence-electron chi connectivity index (χ1n) is 9.57. The second kappa shape index (κ2) is 7.32. The van der Waals surface area contributed by atoms with Crippen LogP contribution in [0.4, 0.5) is 0 Å². The average molecular weight is 370 g/mol. The first-order valence-corrected chi connectivity index (χ1v) is 9.57. The van der Waals surface area contributed by atoms with Gasteiger partial charge in [-0.3, -0.25) is 9.69 Å². The Bertz CT molecular complexity index is 861. The molecule has 0 saturated carbocycles. The standard InChI is InChI=1S/C20H26N4O3/c1-22-17(20(26)27)11-14-3-2-4-16(18(14)22)13-23-7-9-24(10-8-23)19(25)15-5-6-21-12-15/h2-4,11,15,21H,5-10,12-13H2,1H3,(H,26,27)/t15-/m0/s1. The van der Waals surface area contributed by atoms with Gasteiger partial charge in [-0.1, -0.05) is 18.2 Å². The first-order chi connectivity index (χ1) is 13.0. The van der Waals surface area contributed by atoms with E-state index in [1.165, 1.54) is 0 Å². The number of benzene rings is 1. The molecule has 1 atom stereocenters. The van der Waals surface area contributed by atoms with E-state index < -0.39 is 5.97 Å². The number of carbonyl (C=O) groups is 2. The number of aromatic carboxylic acids is 1. The van der Waals surface area contributed by atoms with Crippen molar-refractivity contribution in [2.24, 2.45) is 13.0 Å². The van der Waals surface area contributed by atoms with Crippen LogP contribution in [0, 0.1) is 5.92 Å². The minimum atomic E-state index is -0.909. The molecule has 27 heavy (non-hydrogen) atoms. The van der Waals surface area contributed by atoms with Gasteiger partial charge in [0.2, 0.25) is 5.91 Å². The SMILES string of the molecule is Cn1c(C(=O)O)cc2cccc(CN3CCN(C(=O)[C@H]4CCNC4)CC3)c21. The van der Waals surface area contributed by atoms with E-state index in [4.69, 9.17) is 0 Å². The number of hydrogen-bond acceptors (Lipinski definition) is 4. The summed E-state index contributed by atoms with van der Waals surface area (Å²) in [4.78, 5) is 28.3. The largest absolute Gasteiger partial charge is 0.477 e. The van der Waals surface area contributed by atoms with Crippen molar-refractivity contribution in [2.45, 2.75) is 13.0 Å². The van der Waals surface area contributed by atoms with Gasteiger partial charge in [0.05, 0.1) is 11.4 Å². The smallest absolute Gasteiger partial charge is 0.352 e. The van der Waals surface area contributed by atoms with Gasteiger partial charge in [-0.2, -0.15) is 0 Å². The quantitative estimate of drug-likeness (QED) is 0.844. The predicted molar refractivity (Wildman–Crippen MR) is 103 cm³/mol. The Morgan fingerprint density at radius 1 is 1.22 bits per heavy atom. The summed E-state index contributed by atoms with van der Waals surface area (Å²) in [5.74, 6) is -0.480. The summed E-state index contributed by atoms with van der Waals surface area (Å²) in [5, 5.41) is 13.6. The number of aromatic nitrogens is 1. The minimum absolute atomic E-state index is 0.142. The van der Waals surface area contributed by atoms with Crippen LogP contribution in [0.5, 0.6) is 0 Å². The van der Waals surface area contributed by atoms with E-state index >= 15 is 0 Å². The fourth-order valence-electron chi connectivity index (χ4n) is 4.32. The van der Waals surface area contributed by atoms with Crippen LogP contribution in [0.2, 0.25) is 0 Å². The number of aryl methyl sites for hydroxylation is 1. The molecule has 4 rings (SSSR count). The number of nitrogens with zero attached hydrogens (tertiary/aromatic N) is 3. The third kappa shape index (κ3) is 3.44. The summed E-state index contributed by atoms with van der Waals surface area (Å²) in [7, 11) is 1.81. The lowest BCUT2D eigenvalue weighted by Crippen LogP contribution is -2.50. The van der Waals surface area contributed by atoms with Crippen molar-refractivity contribution < 1.29 is 14.7 Å². The van der Waals surface area contributed by atoms with E-state index in [0.29, 0.717) is 5.69 Å². The molecule has 0 radical (unpaired) electrons. The first kappa shape index (κ1) is 18.0. The summed E-state index contributed by atoms with van der Waals surface area (Å²) in [5.41, 5.74) is 2.41. The lowest BCUT2D eigenvalue weighted by atomic mass is 10.1. The Balaban J connectivity index is 1.45. The molecule has 2 saturated heterocycles. The Labute approximate surface area is 158 Å². The molecular weight excluding hydrogens is 344 g/mol. The third-order valence-corrected chi connectivity index (χ3v) is 5.85. The number of carbonyl (C=O) groups excluding carboxylic acids is 1. The van der Waals surface area contributed by atoms with Crippen LogP contribution in [0.1, 0.15) is 22.5 Å². The zero-order valence-corrected chi connectivity index (χ0v) is 15.6. The number of carboxylic acid groups (broad SMARTS) is 1. The highest BCUT2D eigenvalue weighted by Gasteiger charge is 2.29. The molecule has 1 aromatic heterocycles. The molecule has 0 aliphatic carbocycles. The number of hydrogen-bond donors (Lipinski definition) is 2. The highest BCUT2D eigenvalue weighted by Crippen LogP contribution is 2.24. The number of rotatable bonds is 4. The Morgan fingerprint density at radius 3 is 2.67 bits per heavy atom. The summed E-state index contributed by atoms with van der Waals surface area (Å²) < 4.78 is 1.76. The summed E-state index contributed by atoms with van der Waals surface area (Å²) >= 11 is 0.